The number of carbonyl (C=O) groups is 1. The van der Waals surface area contributed by atoms with Gasteiger partial charge in [0.05, 0.1) is 0 Å². The fraction of sp³-hybridized carbons (Fsp3) is 0.600. The van der Waals surface area contributed by atoms with E-state index in [0.717, 1.165) is 25.0 Å². The van der Waals surface area contributed by atoms with Crippen LogP contribution in [0.3, 0.4) is 0 Å². The van der Waals surface area contributed by atoms with Gasteiger partial charge < -0.3 is 0 Å². The van der Waals surface area contributed by atoms with Gasteiger partial charge in [0, 0.05) is 31.3 Å². The molecule has 13 heavy (non-hydrogen) atoms. The fourth-order valence-electron chi connectivity index (χ4n) is 1.51. The highest BCUT2D eigenvalue weighted by Crippen LogP contribution is 2.31. The molecule has 1 fully saturated rings. The number of Topliss-reactive ketones (excluding diaryl/α,β-unsaturated/α-hetero) is 1. The van der Waals surface area contributed by atoms with Crippen molar-refractivity contribution >= 4 is 5.78 Å². The van der Waals surface area contributed by atoms with E-state index < -0.39 is 0 Å². The predicted octanol–water partition coefficient (Wildman–Crippen LogP) is 1.33. The average molecular weight is 178 g/mol. The summed E-state index contributed by atoms with van der Waals surface area (Å²) in [5.41, 5.74) is 1.15. The summed E-state index contributed by atoms with van der Waals surface area (Å²) in [6.07, 6.45) is 5.53. The van der Waals surface area contributed by atoms with Crippen molar-refractivity contribution in [2.45, 2.75) is 25.7 Å². The predicted molar refractivity (Wildman–Crippen MR) is 49.3 cm³/mol. The summed E-state index contributed by atoms with van der Waals surface area (Å²) in [6, 6.07) is 1.97. The molecule has 0 saturated heterocycles. The van der Waals surface area contributed by atoms with Gasteiger partial charge in [-0.3, -0.25) is 9.48 Å². The van der Waals surface area contributed by atoms with E-state index in [4.69, 9.17) is 0 Å². The van der Waals surface area contributed by atoms with Crippen LogP contribution in [-0.2, 0) is 18.3 Å². The maximum atomic E-state index is 11.4. The molecule has 2 rings (SSSR count). The topological polar surface area (TPSA) is 34.9 Å². The van der Waals surface area contributed by atoms with E-state index in [0.29, 0.717) is 18.1 Å². The number of aryl methyl sites for hydroxylation is 2. The second kappa shape index (κ2) is 3.32. The number of carbonyl (C=O) groups excluding carboxylic acids is 1. The number of hydrogen-bond donors (Lipinski definition) is 0. The Hall–Kier alpha value is -1.12. The van der Waals surface area contributed by atoms with Crippen molar-refractivity contribution in [2.75, 3.05) is 0 Å². The Morgan fingerprint density at radius 1 is 1.69 bits per heavy atom. The Morgan fingerprint density at radius 3 is 3.00 bits per heavy atom. The third-order valence-electron chi connectivity index (χ3n) is 2.58. The van der Waals surface area contributed by atoms with Gasteiger partial charge in [0.25, 0.3) is 0 Å². The zero-order valence-corrected chi connectivity index (χ0v) is 7.86. The minimum atomic E-state index is 0.397. The van der Waals surface area contributed by atoms with Crippen LogP contribution in [0.2, 0.25) is 0 Å². The quantitative estimate of drug-likeness (QED) is 0.697. The van der Waals surface area contributed by atoms with Crippen molar-refractivity contribution in [3.8, 4) is 0 Å². The van der Waals surface area contributed by atoms with Gasteiger partial charge in [-0.25, -0.2) is 0 Å². The molecule has 1 aromatic rings. The second-order valence-corrected chi connectivity index (χ2v) is 3.69. The first kappa shape index (κ1) is 8.48. The first-order valence-corrected chi connectivity index (χ1v) is 4.77. The third-order valence-corrected chi connectivity index (χ3v) is 2.58. The minimum Gasteiger partial charge on any atom is -0.299 e. The monoisotopic (exact) mass is 178 g/mol. The zero-order chi connectivity index (χ0) is 9.26. The molecule has 1 heterocycles. The lowest BCUT2D eigenvalue weighted by molar-refractivity contribution is -0.120. The molecule has 0 radical (unpaired) electrons. The number of ketones is 1. The summed E-state index contributed by atoms with van der Waals surface area (Å²) in [4.78, 5) is 11.4. The van der Waals surface area contributed by atoms with Crippen LogP contribution in [-0.4, -0.2) is 15.6 Å². The molecule has 1 aliphatic carbocycles. The average Bonchev–Trinajstić information content (AvgIpc) is 2.88. The van der Waals surface area contributed by atoms with E-state index >= 15 is 0 Å². The maximum absolute atomic E-state index is 11.4. The van der Waals surface area contributed by atoms with Crippen molar-refractivity contribution in [1.82, 2.24) is 9.78 Å². The van der Waals surface area contributed by atoms with Crippen LogP contribution in [0.25, 0.3) is 0 Å². The molecule has 1 aliphatic rings. The molecule has 0 spiro atoms. The van der Waals surface area contributed by atoms with E-state index in [1.165, 1.54) is 0 Å². The van der Waals surface area contributed by atoms with Gasteiger partial charge in [-0.05, 0) is 25.3 Å². The van der Waals surface area contributed by atoms with E-state index in [9.17, 15) is 4.79 Å². The smallest absolute Gasteiger partial charge is 0.136 e. The van der Waals surface area contributed by atoms with Crippen LogP contribution in [0.5, 0.6) is 0 Å². The van der Waals surface area contributed by atoms with Crippen molar-refractivity contribution in [1.29, 1.82) is 0 Å². The molecule has 3 nitrogen and oxygen atoms in total. The number of hydrogen-bond acceptors (Lipinski definition) is 2. The maximum Gasteiger partial charge on any atom is 0.136 e. The van der Waals surface area contributed by atoms with Crippen molar-refractivity contribution in [3.63, 3.8) is 0 Å². The number of aromatic nitrogens is 2. The molecule has 0 aliphatic heterocycles. The molecule has 1 aromatic heterocycles. The highest BCUT2D eigenvalue weighted by atomic mass is 16.1. The fourth-order valence-corrected chi connectivity index (χ4v) is 1.51. The van der Waals surface area contributed by atoms with Gasteiger partial charge in [-0.2, -0.15) is 5.10 Å². The molecule has 0 atom stereocenters. The van der Waals surface area contributed by atoms with Gasteiger partial charge in [0.2, 0.25) is 0 Å². The summed E-state index contributed by atoms with van der Waals surface area (Å²) in [7, 11) is 1.91. The van der Waals surface area contributed by atoms with Gasteiger partial charge >= 0.3 is 0 Å². The van der Waals surface area contributed by atoms with Crippen LogP contribution < -0.4 is 0 Å². The summed E-state index contributed by atoms with van der Waals surface area (Å²) in [5, 5.41) is 4.06. The molecular formula is C10H14N2O. The van der Waals surface area contributed by atoms with Crippen LogP contribution in [0.4, 0.5) is 0 Å². The van der Waals surface area contributed by atoms with Gasteiger partial charge in [0.1, 0.15) is 5.78 Å². The van der Waals surface area contributed by atoms with Crippen molar-refractivity contribution < 1.29 is 4.79 Å². The van der Waals surface area contributed by atoms with Crippen LogP contribution in [0.15, 0.2) is 12.3 Å². The molecule has 0 bridgehead atoms. The molecule has 0 amide bonds. The van der Waals surface area contributed by atoms with E-state index in [2.05, 4.69) is 5.10 Å². The SMILES string of the molecule is Cn1nccc1CCC(=O)C1CC1. The van der Waals surface area contributed by atoms with Crippen LogP contribution in [0.1, 0.15) is 25.0 Å². The molecule has 0 N–H and O–H groups in total. The summed E-state index contributed by atoms with van der Waals surface area (Å²) in [5.74, 6) is 0.828. The van der Waals surface area contributed by atoms with Crippen LogP contribution >= 0.6 is 0 Å². The van der Waals surface area contributed by atoms with Gasteiger partial charge in [-0.1, -0.05) is 0 Å². The molecular weight excluding hydrogens is 164 g/mol. The summed E-state index contributed by atoms with van der Waals surface area (Å²) < 4.78 is 1.83. The Kier molecular flexibility index (Phi) is 2.17. The van der Waals surface area contributed by atoms with E-state index in [-0.39, 0.29) is 0 Å². The summed E-state index contributed by atoms with van der Waals surface area (Å²) >= 11 is 0. The van der Waals surface area contributed by atoms with E-state index in [1.54, 1.807) is 6.20 Å². The van der Waals surface area contributed by atoms with Crippen molar-refractivity contribution in [3.05, 3.63) is 18.0 Å². The molecule has 70 valence electrons. The van der Waals surface area contributed by atoms with E-state index in [1.807, 2.05) is 17.8 Å². The Labute approximate surface area is 77.7 Å². The Morgan fingerprint density at radius 2 is 2.46 bits per heavy atom. The number of nitrogens with zero attached hydrogens (tertiary/aromatic N) is 2. The Bertz CT molecular complexity index is 312. The lowest BCUT2D eigenvalue weighted by atomic mass is 10.1. The first-order chi connectivity index (χ1) is 6.27. The van der Waals surface area contributed by atoms with Gasteiger partial charge in [0.15, 0.2) is 0 Å². The highest BCUT2D eigenvalue weighted by molar-refractivity contribution is 5.83. The lowest BCUT2D eigenvalue weighted by Crippen LogP contribution is -2.05. The summed E-state index contributed by atoms with van der Waals surface area (Å²) in [6.45, 7) is 0. The van der Waals surface area contributed by atoms with Crippen LogP contribution in [0, 0.1) is 5.92 Å². The van der Waals surface area contributed by atoms with Crippen molar-refractivity contribution in [2.24, 2.45) is 13.0 Å². The molecule has 0 unspecified atom stereocenters. The molecule has 1 saturated carbocycles. The lowest BCUT2D eigenvalue weighted by Gasteiger charge is -2.00. The zero-order valence-electron chi connectivity index (χ0n) is 7.86. The largest absolute Gasteiger partial charge is 0.299 e. The normalized spacial score (nSPS) is 16.1. The molecule has 3 heteroatoms. The standard InChI is InChI=1S/C10H14N2O/c1-12-9(6-7-11-12)4-5-10(13)8-2-3-8/h6-8H,2-5H2,1H3. The Balaban J connectivity index is 1.85. The third kappa shape index (κ3) is 1.97. The number of rotatable bonds is 4. The minimum absolute atomic E-state index is 0.397. The first-order valence-electron chi connectivity index (χ1n) is 4.77. The van der Waals surface area contributed by atoms with Gasteiger partial charge in [-0.15, -0.1) is 0 Å². The second-order valence-electron chi connectivity index (χ2n) is 3.69. The highest BCUT2D eigenvalue weighted by Gasteiger charge is 2.28. The molecule has 0 aromatic carbocycles.